The number of nitrogens with zero attached hydrogens (tertiary/aromatic N) is 10. The molecule has 8 aromatic carbocycles. The molecule has 0 bridgehead atoms. The van der Waals surface area contributed by atoms with Crippen LogP contribution in [0.2, 0.25) is 5.02 Å². The number of nitrogens with two attached hydrogens (primary N) is 4. The van der Waals surface area contributed by atoms with Gasteiger partial charge in [-0.15, -0.1) is 0 Å². The number of rotatable bonds is 23. The van der Waals surface area contributed by atoms with E-state index in [0.717, 1.165) is 49.6 Å². The second kappa shape index (κ2) is 48.0. The van der Waals surface area contributed by atoms with Crippen molar-refractivity contribution in [3.8, 4) is 45.0 Å². The zero-order chi connectivity index (χ0) is 99.8. The Bertz CT molecular complexity index is 6330. The van der Waals surface area contributed by atoms with E-state index in [1.807, 2.05) is 11.4 Å². The Kier molecular flexibility index (Phi) is 35.2. The first-order valence-electron chi connectivity index (χ1n) is 44.6. The molecule has 4 aliphatic heterocycles. The van der Waals surface area contributed by atoms with Gasteiger partial charge in [0.25, 0.3) is 30.1 Å². The van der Waals surface area contributed by atoms with E-state index in [2.05, 4.69) is 55.8 Å². The maximum absolute atomic E-state index is 15.1. The molecular formula is C100H100ClF9N18O12. The molecule has 0 saturated carbocycles. The monoisotopic (exact) mass is 1950 g/mol. The molecule has 14 N–H and O–H groups in total. The van der Waals surface area contributed by atoms with Gasteiger partial charge in [-0.05, 0) is 134 Å². The number of carbonyl (C=O) groups excluding carboxylic acids is 6. The van der Waals surface area contributed by atoms with Crippen molar-refractivity contribution in [3.63, 3.8) is 0 Å². The van der Waals surface area contributed by atoms with Gasteiger partial charge in [0.1, 0.15) is 75.4 Å². The topological polar surface area (TPSA) is 442 Å². The molecule has 4 saturated heterocycles. The predicted molar refractivity (Wildman–Crippen MR) is 503 cm³/mol. The summed E-state index contributed by atoms with van der Waals surface area (Å²) < 4.78 is 148. The Morgan fingerprint density at radius 1 is 0.407 bits per heavy atom. The molecule has 732 valence electrons. The lowest BCUT2D eigenvalue weighted by Gasteiger charge is -2.30. The Hall–Kier alpha value is -14.8. The molecule has 4 aromatic heterocycles. The van der Waals surface area contributed by atoms with Crippen molar-refractivity contribution in [2.45, 2.75) is 112 Å². The third-order valence-corrected chi connectivity index (χ3v) is 24.3. The van der Waals surface area contributed by atoms with E-state index in [9.17, 15) is 69.7 Å². The van der Waals surface area contributed by atoms with Gasteiger partial charge >= 0.3 is 18.4 Å². The number of aliphatic hydroxyl groups is 2. The molecule has 40 heteroatoms. The summed E-state index contributed by atoms with van der Waals surface area (Å²) in [5.41, 5.74) is 29.6. The summed E-state index contributed by atoms with van der Waals surface area (Å²) in [6.45, 7) is 3.89. The number of likely N-dealkylation sites (tertiary alicyclic amines) is 2. The first-order valence-corrected chi connectivity index (χ1v) is 45.0. The van der Waals surface area contributed by atoms with Gasteiger partial charge in [0.15, 0.2) is 6.04 Å². The van der Waals surface area contributed by atoms with Gasteiger partial charge in [0.2, 0.25) is 0 Å². The number of ether oxygens (including phenoxy) is 4. The van der Waals surface area contributed by atoms with Crippen molar-refractivity contribution in [3.05, 3.63) is 308 Å². The number of anilines is 4. The molecule has 0 radical (unpaired) electrons. The van der Waals surface area contributed by atoms with Gasteiger partial charge in [-0.25, -0.2) is 75.8 Å². The van der Waals surface area contributed by atoms with E-state index in [-0.39, 0.29) is 111 Å². The Balaban J connectivity index is 0.000000157. The molecule has 4 atom stereocenters. The van der Waals surface area contributed by atoms with Gasteiger partial charge in [0.05, 0.1) is 109 Å². The third kappa shape index (κ3) is 26.2. The molecular weight excluding hydrogens is 1850 g/mol. The van der Waals surface area contributed by atoms with Crippen LogP contribution in [0.5, 0.6) is 0 Å². The van der Waals surface area contributed by atoms with Gasteiger partial charge in [-0.2, -0.15) is 13.2 Å². The third-order valence-electron chi connectivity index (χ3n) is 24.1. The molecule has 16 rings (SSSR count). The highest BCUT2D eigenvalue weighted by molar-refractivity contribution is 6.30. The molecule has 140 heavy (non-hydrogen) atoms. The number of hydrogen-bond acceptors (Lipinski definition) is 24. The molecule has 2 unspecified atom stereocenters. The number of amides is 6. The summed E-state index contributed by atoms with van der Waals surface area (Å²) in [5, 5.41) is 29.3. The van der Waals surface area contributed by atoms with Crippen molar-refractivity contribution in [1.82, 2.24) is 70.9 Å². The van der Waals surface area contributed by atoms with Crippen LogP contribution in [0, 0.1) is 23.3 Å². The number of carbonyl (C=O) groups is 6. The maximum atomic E-state index is 15.1. The molecule has 30 nitrogen and oxygen atoms in total. The Morgan fingerprint density at radius 3 is 1.01 bits per heavy atom. The molecule has 6 amide bonds. The van der Waals surface area contributed by atoms with Gasteiger partial charge in [-0.1, -0.05) is 139 Å². The average Bonchev–Trinajstić information content (AvgIpc) is 0.804. The largest absolute Gasteiger partial charge is 0.453 e. The van der Waals surface area contributed by atoms with E-state index in [4.69, 9.17) is 53.5 Å². The number of aromatic nitrogens is 8. The number of hydrogen-bond donors (Lipinski definition) is 10. The standard InChI is InChI=1S/C26H27ClFN5O4.C26H28FN5O4.C24H22F4N4O2.C24H23F3N4O2/c1-37-26(36)33-9-7-15(8-10-33)21-13-30-24(29)23(31-21)17-5-6-19(20(28)12-17)25(35)32-22(14-34)16-3-2-4-18(27)11-16;1-36-26(35)32-11-9-17(10-12-32)21-14-29-24(28)23(30-21)18-7-8-19(20(27)13-18)25(34)31-22(15-33)16-5-3-2-4-6-16;25-18-12-16(20-22(29)30-13-19(31-20)14-8-10-34-11-9-14)6-7-17(18)23(33)32-21(24(26,27)28)15-4-2-1-3-5-15;25-18-12-16(21-23(28)29-13-19(30-21)14-8-10-33-11-9-14)6-7-17(18)24(32)31-20(22(26)27)15-4-2-1-3-5-15/h2-6,11-13,15,22,34H,7-10,14H2,1H3,(H2,29,30)(H,32,35);2-8,13-14,17,22,33H,9-12,15H2,1H3,(H2,28,29)(H,31,34);1-7,12-14,21H,8-11H2,(H2,29,30)(H,32,33);1-7,12-14,20,22H,8-11H2,(H2,28,29)(H,31,32)/t2*22-;;/m11../s1. The number of methoxy groups -OCH3 is 2. The fourth-order valence-corrected chi connectivity index (χ4v) is 16.6. The minimum atomic E-state index is -4.76. The van der Waals surface area contributed by atoms with Crippen LogP contribution < -0.4 is 44.2 Å². The molecule has 8 heterocycles. The second-order valence-corrected chi connectivity index (χ2v) is 33.5. The zero-order valence-corrected chi connectivity index (χ0v) is 76.4. The normalized spacial score (nSPS) is 15.1. The van der Waals surface area contributed by atoms with Gasteiger partial charge in [-0.3, -0.25) is 19.2 Å². The fourth-order valence-electron chi connectivity index (χ4n) is 16.4. The minimum Gasteiger partial charge on any atom is -0.453 e. The highest BCUT2D eigenvalue weighted by Crippen LogP contribution is 2.39. The first kappa shape index (κ1) is 103. The summed E-state index contributed by atoms with van der Waals surface area (Å²) in [4.78, 5) is 113. The SMILES string of the molecule is COC(=O)N1CCC(c2cnc(N)c(-c3ccc(C(=O)N[C@H](CO)c4cccc(Cl)c4)c(F)c3)n2)CC1.COC(=O)N1CCC(c2cnc(N)c(-c3ccc(C(=O)N[C@H](CO)c4ccccc4)c(F)c3)n2)CC1.Nc1ncc(C2CCOCC2)nc1-c1ccc(C(=O)NC(c2ccccc2)C(F)(F)F)c(F)c1.Nc1ncc(C2CCOCC2)nc1-c1ccc(C(=O)NC(c2ccccc2)C(F)F)c(F)c1. The van der Waals surface area contributed by atoms with E-state index in [1.165, 1.54) is 93.1 Å². The van der Waals surface area contributed by atoms with Crippen molar-refractivity contribution >= 4 is 70.7 Å². The number of benzene rings is 8. The minimum absolute atomic E-state index is 0.0598. The zero-order valence-electron chi connectivity index (χ0n) is 75.7. The Morgan fingerprint density at radius 2 is 0.707 bits per heavy atom. The van der Waals surface area contributed by atoms with E-state index in [1.54, 1.807) is 120 Å². The van der Waals surface area contributed by atoms with Crippen molar-refractivity contribution in [2.75, 3.05) is 103 Å². The van der Waals surface area contributed by atoms with E-state index < -0.39 is 89.2 Å². The maximum Gasteiger partial charge on any atom is 0.412 e. The van der Waals surface area contributed by atoms with Gasteiger partial charge in [0, 0.05) is 104 Å². The van der Waals surface area contributed by atoms with Crippen LogP contribution >= 0.6 is 11.6 Å². The van der Waals surface area contributed by atoms with Crippen molar-refractivity contribution < 1.29 is 97.4 Å². The van der Waals surface area contributed by atoms with Crippen LogP contribution in [-0.2, 0) is 18.9 Å². The Labute approximate surface area is 803 Å². The molecule has 4 fully saturated rings. The van der Waals surface area contributed by atoms with Crippen molar-refractivity contribution in [2.24, 2.45) is 0 Å². The van der Waals surface area contributed by atoms with Crippen molar-refractivity contribution in [1.29, 1.82) is 0 Å². The lowest BCUT2D eigenvalue weighted by atomic mass is 9.93. The summed E-state index contributed by atoms with van der Waals surface area (Å²) in [6.07, 6.45) is 3.94. The lowest BCUT2D eigenvalue weighted by molar-refractivity contribution is -0.155. The number of alkyl halides is 5. The summed E-state index contributed by atoms with van der Waals surface area (Å²) in [7, 11) is 2.71. The highest BCUT2D eigenvalue weighted by Gasteiger charge is 2.43. The number of nitrogen functional groups attached to an aromatic ring is 4. The molecule has 0 spiro atoms. The number of piperidine rings is 2. The predicted octanol–water partition coefficient (Wildman–Crippen LogP) is 16.5. The quantitative estimate of drug-likeness (QED) is 0.0266. The number of halogens is 10. The van der Waals surface area contributed by atoms with E-state index in [0.29, 0.717) is 145 Å². The fraction of sp³-hybridized carbons (Fsp3) is 0.300. The summed E-state index contributed by atoms with van der Waals surface area (Å²) in [5.74, 6) is -5.93. The lowest BCUT2D eigenvalue weighted by Crippen LogP contribution is -2.38. The number of nitrogens with one attached hydrogen (secondary N) is 4. The second-order valence-electron chi connectivity index (χ2n) is 33.1. The van der Waals surface area contributed by atoms with Crippen LogP contribution in [0.15, 0.2) is 213 Å². The van der Waals surface area contributed by atoms with Crippen LogP contribution in [0.1, 0.15) is 186 Å². The smallest absolute Gasteiger partial charge is 0.412 e. The molecule has 4 aliphatic rings. The first-order chi connectivity index (χ1) is 67.4. The van der Waals surface area contributed by atoms with Crippen LogP contribution in [0.25, 0.3) is 45.0 Å². The highest BCUT2D eigenvalue weighted by atomic mass is 35.5. The van der Waals surface area contributed by atoms with Crippen LogP contribution in [0.3, 0.4) is 0 Å². The van der Waals surface area contributed by atoms with Crippen LogP contribution in [0.4, 0.5) is 72.4 Å². The summed E-state index contributed by atoms with van der Waals surface area (Å²) in [6, 6.07) is 40.7. The van der Waals surface area contributed by atoms with Gasteiger partial charge < -0.3 is 83.2 Å². The molecule has 0 aliphatic carbocycles. The van der Waals surface area contributed by atoms with E-state index >= 15 is 8.78 Å². The van der Waals surface area contributed by atoms with Crippen LogP contribution in [-0.4, -0.2) is 188 Å². The average molecular weight is 1950 g/mol. The number of aliphatic hydroxyl groups excluding tert-OH is 2. The molecule has 12 aromatic rings. The summed E-state index contributed by atoms with van der Waals surface area (Å²) >= 11 is 6.00.